The van der Waals surface area contributed by atoms with Crippen LogP contribution in [0.15, 0.2) is 22.8 Å². The lowest BCUT2D eigenvalue weighted by Gasteiger charge is -2.45. The van der Waals surface area contributed by atoms with Crippen molar-refractivity contribution in [2.45, 2.75) is 25.2 Å². The Morgan fingerprint density at radius 1 is 1.35 bits per heavy atom. The van der Waals surface area contributed by atoms with Gasteiger partial charge in [-0.15, -0.1) is 0 Å². The highest BCUT2D eigenvalue weighted by Gasteiger charge is 2.46. The first-order chi connectivity index (χ1) is 8.30. The first-order valence-electron chi connectivity index (χ1n) is 6.31. The minimum absolute atomic E-state index is 0.103. The lowest BCUT2D eigenvalue weighted by Crippen LogP contribution is -2.51. The fraction of sp³-hybridized carbons (Fsp3) is 0.615. The number of furan rings is 1. The van der Waals surface area contributed by atoms with Crippen LogP contribution in [0.1, 0.15) is 30.9 Å². The van der Waals surface area contributed by atoms with Gasteiger partial charge in [-0.25, -0.2) is 0 Å². The van der Waals surface area contributed by atoms with Crippen molar-refractivity contribution in [2.24, 2.45) is 5.41 Å². The molecule has 2 fully saturated rings. The molecule has 1 amide bonds. The van der Waals surface area contributed by atoms with Gasteiger partial charge in [0.2, 0.25) is 5.91 Å². The average Bonchev–Trinajstić information content (AvgIpc) is 2.83. The summed E-state index contributed by atoms with van der Waals surface area (Å²) in [5.41, 5.74) is 0.103. The smallest absolute Gasteiger partial charge is 0.220 e. The van der Waals surface area contributed by atoms with E-state index >= 15 is 0 Å². The fourth-order valence-electron chi connectivity index (χ4n) is 3.28. The molecule has 2 aliphatic heterocycles. The topological polar surface area (TPSA) is 54.3 Å². The Balaban J connectivity index is 1.91. The second-order valence-corrected chi connectivity index (χ2v) is 5.16. The molecule has 2 aliphatic rings. The number of hydrogen-bond acceptors (Lipinski definition) is 3. The number of hydrogen-bond donors (Lipinski definition) is 2. The molecule has 0 aromatic carbocycles. The van der Waals surface area contributed by atoms with Crippen LogP contribution in [0.2, 0.25) is 0 Å². The molecular weight excluding hydrogens is 216 g/mol. The molecule has 1 atom stereocenters. The molecule has 4 heteroatoms. The van der Waals surface area contributed by atoms with Gasteiger partial charge in [-0.2, -0.15) is 0 Å². The summed E-state index contributed by atoms with van der Waals surface area (Å²) in [6.07, 6.45) is 4.48. The van der Waals surface area contributed by atoms with Crippen molar-refractivity contribution in [1.29, 1.82) is 0 Å². The monoisotopic (exact) mass is 234 g/mol. The van der Waals surface area contributed by atoms with E-state index in [1.165, 1.54) is 0 Å². The van der Waals surface area contributed by atoms with Crippen LogP contribution in [0, 0.1) is 5.41 Å². The SMILES string of the molecule is O=C1CC2(CCNCC2)C(c2ccco2)CN1. The summed E-state index contributed by atoms with van der Waals surface area (Å²) in [6, 6.07) is 3.96. The van der Waals surface area contributed by atoms with Crippen LogP contribution >= 0.6 is 0 Å². The summed E-state index contributed by atoms with van der Waals surface area (Å²) < 4.78 is 5.56. The van der Waals surface area contributed by atoms with Gasteiger partial charge in [0.05, 0.1) is 6.26 Å². The van der Waals surface area contributed by atoms with Crippen molar-refractivity contribution in [3.05, 3.63) is 24.2 Å². The fourth-order valence-corrected chi connectivity index (χ4v) is 3.28. The zero-order valence-electron chi connectivity index (χ0n) is 9.87. The van der Waals surface area contributed by atoms with Gasteiger partial charge in [0, 0.05) is 18.9 Å². The molecule has 1 unspecified atom stereocenters. The number of piperidine rings is 2. The van der Waals surface area contributed by atoms with Crippen LogP contribution in [0.5, 0.6) is 0 Å². The van der Waals surface area contributed by atoms with Crippen molar-refractivity contribution in [3.8, 4) is 0 Å². The van der Waals surface area contributed by atoms with Gasteiger partial charge >= 0.3 is 0 Å². The molecule has 17 heavy (non-hydrogen) atoms. The Bertz CT molecular complexity index is 394. The van der Waals surface area contributed by atoms with Crippen LogP contribution in [-0.2, 0) is 4.79 Å². The Labute approximate surface area is 101 Å². The summed E-state index contributed by atoms with van der Waals surface area (Å²) in [5, 5.41) is 6.35. The van der Waals surface area contributed by atoms with E-state index in [-0.39, 0.29) is 11.3 Å². The Morgan fingerprint density at radius 3 is 2.88 bits per heavy atom. The van der Waals surface area contributed by atoms with Crippen LogP contribution in [-0.4, -0.2) is 25.5 Å². The lowest BCUT2D eigenvalue weighted by atomic mass is 9.64. The van der Waals surface area contributed by atoms with Gasteiger partial charge in [-0.05, 0) is 43.5 Å². The van der Waals surface area contributed by atoms with Crippen molar-refractivity contribution in [2.75, 3.05) is 19.6 Å². The summed E-state index contributed by atoms with van der Waals surface area (Å²) in [5.74, 6) is 1.54. The zero-order valence-corrected chi connectivity index (χ0v) is 9.87. The number of rotatable bonds is 1. The lowest BCUT2D eigenvalue weighted by molar-refractivity contribution is -0.127. The molecule has 0 aliphatic carbocycles. The Morgan fingerprint density at radius 2 is 2.18 bits per heavy atom. The normalized spacial score (nSPS) is 28.0. The number of nitrogens with one attached hydrogen (secondary N) is 2. The molecule has 3 heterocycles. The molecule has 1 aromatic rings. The predicted octanol–water partition coefficient (Wildman–Crippen LogP) is 1.25. The maximum Gasteiger partial charge on any atom is 0.220 e. The van der Waals surface area contributed by atoms with Gasteiger partial charge in [-0.1, -0.05) is 0 Å². The molecule has 0 bridgehead atoms. The van der Waals surface area contributed by atoms with Gasteiger partial charge < -0.3 is 15.1 Å². The maximum absolute atomic E-state index is 11.7. The number of carbonyl (C=O) groups is 1. The minimum Gasteiger partial charge on any atom is -0.469 e. The van der Waals surface area contributed by atoms with Gasteiger partial charge in [0.15, 0.2) is 0 Å². The molecule has 1 spiro atoms. The third-order valence-electron chi connectivity index (χ3n) is 4.24. The van der Waals surface area contributed by atoms with Gasteiger partial charge in [0.25, 0.3) is 0 Å². The van der Waals surface area contributed by atoms with Crippen molar-refractivity contribution >= 4 is 5.91 Å². The van der Waals surface area contributed by atoms with Crippen LogP contribution in [0.4, 0.5) is 0 Å². The van der Waals surface area contributed by atoms with Crippen molar-refractivity contribution < 1.29 is 9.21 Å². The molecule has 3 rings (SSSR count). The molecule has 2 N–H and O–H groups in total. The maximum atomic E-state index is 11.7. The largest absolute Gasteiger partial charge is 0.469 e. The summed E-state index contributed by atoms with van der Waals surface area (Å²) in [7, 11) is 0. The van der Waals surface area contributed by atoms with Gasteiger partial charge in [0.1, 0.15) is 5.76 Å². The minimum atomic E-state index is 0.103. The number of amides is 1. The van der Waals surface area contributed by atoms with Crippen molar-refractivity contribution in [3.63, 3.8) is 0 Å². The third-order valence-corrected chi connectivity index (χ3v) is 4.24. The van der Waals surface area contributed by atoms with E-state index in [1.54, 1.807) is 6.26 Å². The molecule has 92 valence electrons. The van der Waals surface area contributed by atoms with Crippen LogP contribution in [0.25, 0.3) is 0 Å². The highest BCUT2D eigenvalue weighted by Crippen LogP contribution is 2.47. The molecule has 0 saturated carbocycles. The van der Waals surface area contributed by atoms with E-state index in [0.29, 0.717) is 18.9 Å². The first-order valence-corrected chi connectivity index (χ1v) is 6.31. The highest BCUT2D eigenvalue weighted by molar-refractivity contribution is 5.78. The summed E-state index contributed by atoms with van der Waals surface area (Å²) in [6.45, 7) is 2.72. The molecular formula is C13H18N2O2. The van der Waals surface area contributed by atoms with E-state index in [4.69, 9.17) is 4.42 Å². The van der Waals surface area contributed by atoms with E-state index in [1.807, 2.05) is 12.1 Å². The standard InChI is InChI=1S/C13H18N2O2/c16-12-8-13(3-5-14-6-4-13)10(9-15-12)11-2-1-7-17-11/h1-2,7,10,14H,3-6,8-9H2,(H,15,16). The third kappa shape index (κ3) is 1.86. The molecule has 4 nitrogen and oxygen atoms in total. The van der Waals surface area contributed by atoms with Gasteiger partial charge in [-0.3, -0.25) is 4.79 Å². The molecule has 2 saturated heterocycles. The van der Waals surface area contributed by atoms with E-state index < -0.39 is 0 Å². The quantitative estimate of drug-likeness (QED) is 0.769. The van der Waals surface area contributed by atoms with E-state index in [0.717, 1.165) is 31.7 Å². The number of carbonyl (C=O) groups excluding carboxylic acids is 1. The first kappa shape index (κ1) is 10.8. The van der Waals surface area contributed by atoms with E-state index in [2.05, 4.69) is 10.6 Å². The zero-order chi connectivity index (χ0) is 11.7. The molecule has 1 aromatic heterocycles. The van der Waals surface area contributed by atoms with Crippen LogP contribution < -0.4 is 10.6 Å². The Kier molecular flexibility index (Phi) is 2.67. The van der Waals surface area contributed by atoms with Crippen molar-refractivity contribution in [1.82, 2.24) is 10.6 Å². The second-order valence-electron chi connectivity index (χ2n) is 5.16. The summed E-state index contributed by atoms with van der Waals surface area (Å²) in [4.78, 5) is 11.7. The van der Waals surface area contributed by atoms with Crippen LogP contribution in [0.3, 0.4) is 0 Å². The predicted molar refractivity (Wildman–Crippen MR) is 63.6 cm³/mol. The summed E-state index contributed by atoms with van der Waals surface area (Å²) >= 11 is 0. The average molecular weight is 234 g/mol. The second kappa shape index (κ2) is 4.18. The highest BCUT2D eigenvalue weighted by atomic mass is 16.3. The Hall–Kier alpha value is -1.29. The van der Waals surface area contributed by atoms with E-state index in [9.17, 15) is 4.79 Å². The molecule has 0 radical (unpaired) electrons.